The fourth-order valence-corrected chi connectivity index (χ4v) is 3.14. The minimum Gasteiger partial charge on any atom is -0.497 e. The first kappa shape index (κ1) is 14.1. The van der Waals surface area contributed by atoms with Crippen LogP contribution in [0.15, 0.2) is 24.3 Å². The van der Waals surface area contributed by atoms with Gasteiger partial charge in [-0.2, -0.15) is 0 Å². The van der Waals surface area contributed by atoms with Crippen molar-refractivity contribution in [2.24, 2.45) is 5.92 Å². The van der Waals surface area contributed by atoms with Crippen molar-refractivity contribution in [1.29, 1.82) is 0 Å². The quantitative estimate of drug-likeness (QED) is 0.711. The molecule has 0 N–H and O–H groups in total. The smallest absolute Gasteiger partial charge is 0.136 e. The summed E-state index contributed by atoms with van der Waals surface area (Å²) in [5.74, 6) is 2.03. The third-order valence-electron chi connectivity index (χ3n) is 4.26. The van der Waals surface area contributed by atoms with Crippen LogP contribution in [0.5, 0.6) is 5.75 Å². The summed E-state index contributed by atoms with van der Waals surface area (Å²) in [4.78, 5) is 12.1. The van der Waals surface area contributed by atoms with Crippen molar-refractivity contribution in [2.75, 3.05) is 7.11 Å². The van der Waals surface area contributed by atoms with E-state index in [1.807, 2.05) is 12.1 Å². The average molecular weight is 260 g/mol. The minimum absolute atomic E-state index is 0.250. The number of carbonyl (C=O) groups is 1. The maximum Gasteiger partial charge on any atom is 0.136 e. The normalized spacial score (nSPS) is 22.7. The lowest BCUT2D eigenvalue weighted by molar-refractivity contribution is -0.121. The molecule has 0 amide bonds. The van der Waals surface area contributed by atoms with Crippen LogP contribution in [0, 0.1) is 5.92 Å². The zero-order valence-corrected chi connectivity index (χ0v) is 12.0. The molecule has 0 bridgehead atoms. The minimum atomic E-state index is 0.250. The van der Waals surface area contributed by atoms with Crippen molar-refractivity contribution >= 4 is 5.78 Å². The molecule has 2 nitrogen and oxygen atoms in total. The number of rotatable bonds is 6. The van der Waals surface area contributed by atoms with Crippen LogP contribution in [0.1, 0.15) is 56.9 Å². The van der Waals surface area contributed by atoms with Gasteiger partial charge in [0.25, 0.3) is 0 Å². The van der Waals surface area contributed by atoms with E-state index in [1.165, 1.54) is 24.8 Å². The van der Waals surface area contributed by atoms with Crippen LogP contribution in [0.4, 0.5) is 0 Å². The molecule has 104 valence electrons. The van der Waals surface area contributed by atoms with Crippen LogP contribution in [-0.2, 0) is 4.79 Å². The number of unbranched alkanes of at least 4 members (excludes halogenated alkanes) is 2. The zero-order valence-electron chi connectivity index (χ0n) is 12.0. The van der Waals surface area contributed by atoms with Crippen LogP contribution in [0.2, 0.25) is 0 Å². The van der Waals surface area contributed by atoms with Gasteiger partial charge in [0.15, 0.2) is 0 Å². The Morgan fingerprint density at radius 2 is 1.95 bits per heavy atom. The summed E-state index contributed by atoms with van der Waals surface area (Å²) >= 11 is 0. The fourth-order valence-electron chi connectivity index (χ4n) is 3.14. The van der Waals surface area contributed by atoms with Gasteiger partial charge < -0.3 is 4.74 Å². The molecule has 1 aromatic carbocycles. The van der Waals surface area contributed by atoms with E-state index in [-0.39, 0.29) is 5.92 Å². The van der Waals surface area contributed by atoms with E-state index in [1.54, 1.807) is 7.11 Å². The molecule has 1 aromatic rings. The van der Waals surface area contributed by atoms with Gasteiger partial charge in [0.2, 0.25) is 0 Å². The van der Waals surface area contributed by atoms with Crippen molar-refractivity contribution < 1.29 is 9.53 Å². The highest BCUT2D eigenvalue weighted by atomic mass is 16.5. The van der Waals surface area contributed by atoms with Crippen molar-refractivity contribution in [1.82, 2.24) is 0 Å². The van der Waals surface area contributed by atoms with E-state index in [9.17, 15) is 4.79 Å². The molecule has 0 saturated heterocycles. The van der Waals surface area contributed by atoms with E-state index in [0.717, 1.165) is 25.0 Å². The maximum atomic E-state index is 12.1. The number of hydrogen-bond acceptors (Lipinski definition) is 2. The van der Waals surface area contributed by atoms with Gasteiger partial charge in [0.1, 0.15) is 11.5 Å². The lowest BCUT2D eigenvalue weighted by atomic mass is 9.85. The molecule has 0 radical (unpaired) electrons. The van der Waals surface area contributed by atoms with Gasteiger partial charge >= 0.3 is 0 Å². The van der Waals surface area contributed by atoms with Crippen LogP contribution in [-0.4, -0.2) is 12.9 Å². The molecule has 0 heterocycles. The number of Topliss-reactive ketones (excluding diaryl/α,β-unsaturated/α-hetero) is 1. The fraction of sp³-hybridized carbons (Fsp3) is 0.588. The Hall–Kier alpha value is -1.31. The van der Waals surface area contributed by atoms with Crippen LogP contribution < -0.4 is 4.74 Å². The highest BCUT2D eigenvalue weighted by Gasteiger charge is 2.34. The molecule has 19 heavy (non-hydrogen) atoms. The van der Waals surface area contributed by atoms with Gasteiger partial charge in [0, 0.05) is 12.3 Å². The van der Waals surface area contributed by atoms with Crippen LogP contribution in [0.25, 0.3) is 0 Å². The summed E-state index contributed by atoms with van der Waals surface area (Å²) < 4.78 is 5.19. The molecule has 1 saturated carbocycles. The molecule has 2 heteroatoms. The molecule has 0 aromatic heterocycles. The topological polar surface area (TPSA) is 26.3 Å². The summed E-state index contributed by atoms with van der Waals surface area (Å²) in [6.07, 6.45) is 6.46. The van der Waals surface area contributed by atoms with E-state index in [2.05, 4.69) is 19.1 Å². The Morgan fingerprint density at radius 3 is 2.58 bits per heavy atom. The lowest BCUT2D eigenvalue weighted by Crippen LogP contribution is -2.13. The lowest BCUT2D eigenvalue weighted by Gasteiger charge is -2.19. The second-order valence-corrected chi connectivity index (χ2v) is 5.49. The second-order valence-electron chi connectivity index (χ2n) is 5.49. The predicted molar refractivity (Wildman–Crippen MR) is 77.6 cm³/mol. The molecule has 2 rings (SSSR count). The Morgan fingerprint density at radius 1 is 1.21 bits per heavy atom. The largest absolute Gasteiger partial charge is 0.497 e. The SMILES string of the molecule is CCCCC[C@@H]1C(=O)CC[C@H]1c1ccc(OC)cc1. The molecule has 0 unspecified atom stereocenters. The molecule has 0 aliphatic heterocycles. The molecule has 1 fully saturated rings. The van der Waals surface area contributed by atoms with E-state index >= 15 is 0 Å². The van der Waals surface area contributed by atoms with Crippen LogP contribution >= 0.6 is 0 Å². The summed E-state index contributed by atoms with van der Waals surface area (Å²) in [5, 5.41) is 0. The summed E-state index contributed by atoms with van der Waals surface area (Å²) in [6, 6.07) is 8.24. The zero-order chi connectivity index (χ0) is 13.7. The summed E-state index contributed by atoms with van der Waals surface area (Å²) in [6.45, 7) is 2.21. The monoisotopic (exact) mass is 260 g/mol. The Bertz CT molecular complexity index is 408. The van der Waals surface area contributed by atoms with Gasteiger partial charge in [-0.1, -0.05) is 38.3 Å². The summed E-state index contributed by atoms with van der Waals surface area (Å²) in [7, 11) is 1.68. The standard InChI is InChI=1S/C17H24O2/c1-3-4-5-6-16-15(11-12-17(16)18)13-7-9-14(19-2)10-8-13/h7-10,15-16H,3-6,11-12H2,1-2H3/t15-,16-/m0/s1. The number of carbonyl (C=O) groups excluding carboxylic acids is 1. The third kappa shape index (κ3) is 3.37. The molecule has 1 aliphatic rings. The number of benzene rings is 1. The van der Waals surface area contributed by atoms with E-state index in [0.29, 0.717) is 11.7 Å². The molecule has 0 spiro atoms. The van der Waals surface area contributed by atoms with E-state index < -0.39 is 0 Å². The predicted octanol–water partition coefficient (Wildman–Crippen LogP) is 4.34. The Kier molecular flexibility index (Phi) is 5.00. The highest BCUT2D eigenvalue weighted by molar-refractivity contribution is 5.84. The first-order valence-electron chi connectivity index (χ1n) is 7.43. The Labute approximate surface area is 116 Å². The molecule has 1 aliphatic carbocycles. The van der Waals surface area contributed by atoms with Crippen molar-refractivity contribution in [3.63, 3.8) is 0 Å². The second kappa shape index (κ2) is 6.74. The first-order chi connectivity index (χ1) is 9.26. The van der Waals surface area contributed by atoms with Crippen LogP contribution in [0.3, 0.4) is 0 Å². The maximum absolute atomic E-state index is 12.1. The van der Waals surface area contributed by atoms with Gasteiger partial charge in [-0.3, -0.25) is 4.79 Å². The number of ether oxygens (including phenoxy) is 1. The van der Waals surface area contributed by atoms with Crippen molar-refractivity contribution in [3.05, 3.63) is 29.8 Å². The first-order valence-corrected chi connectivity index (χ1v) is 7.43. The van der Waals surface area contributed by atoms with Crippen molar-refractivity contribution in [3.8, 4) is 5.75 Å². The Balaban J connectivity index is 2.05. The average Bonchev–Trinajstić information content (AvgIpc) is 2.81. The number of hydrogen-bond donors (Lipinski definition) is 0. The highest BCUT2D eigenvalue weighted by Crippen LogP contribution is 2.40. The van der Waals surface area contributed by atoms with E-state index in [4.69, 9.17) is 4.74 Å². The van der Waals surface area contributed by atoms with Gasteiger partial charge in [-0.15, -0.1) is 0 Å². The molecular weight excluding hydrogens is 236 g/mol. The van der Waals surface area contributed by atoms with Crippen molar-refractivity contribution in [2.45, 2.75) is 51.4 Å². The molecular formula is C17H24O2. The molecule has 2 atom stereocenters. The third-order valence-corrected chi connectivity index (χ3v) is 4.26. The van der Waals surface area contributed by atoms with Gasteiger partial charge in [0.05, 0.1) is 7.11 Å². The van der Waals surface area contributed by atoms with Gasteiger partial charge in [-0.05, 0) is 36.5 Å². The summed E-state index contributed by atoms with van der Waals surface area (Å²) in [5.41, 5.74) is 1.30. The number of methoxy groups -OCH3 is 1. The van der Waals surface area contributed by atoms with Gasteiger partial charge in [-0.25, -0.2) is 0 Å². The number of ketones is 1.